The Bertz CT molecular complexity index is 586. The molecule has 2 heteroatoms. The van der Waals surface area contributed by atoms with Gasteiger partial charge in [-0.15, -0.1) is 0 Å². The van der Waals surface area contributed by atoms with Gasteiger partial charge < -0.3 is 4.43 Å². The van der Waals surface area contributed by atoms with Crippen LogP contribution < -0.4 is 10.4 Å². The van der Waals surface area contributed by atoms with E-state index in [0.29, 0.717) is 0 Å². The minimum Gasteiger partial charge on any atom is -0.401 e. The largest absolute Gasteiger partial charge is 0.401 e. The maximum absolute atomic E-state index is 6.87. The Kier molecular flexibility index (Phi) is 5.61. The van der Waals surface area contributed by atoms with E-state index in [9.17, 15) is 0 Å². The molecule has 0 saturated heterocycles. The van der Waals surface area contributed by atoms with Crippen molar-refractivity contribution in [2.75, 3.05) is 0 Å². The smallest absolute Gasteiger partial charge is 0.261 e. The highest BCUT2D eigenvalue weighted by Gasteiger charge is 2.50. The van der Waals surface area contributed by atoms with E-state index < -0.39 is 8.32 Å². The molecule has 0 aromatic heterocycles. The van der Waals surface area contributed by atoms with Crippen molar-refractivity contribution in [1.82, 2.24) is 0 Å². The van der Waals surface area contributed by atoms with Crippen molar-refractivity contribution >= 4 is 18.7 Å². The number of rotatable bonds is 5. The predicted octanol–water partition coefficient (Wildman–Crippen LogP) is 4.53. The van der Waals surface area contributed by atoms with Crippen LogP contribution in [0.1, 0.15) is 34.6 Å². The van der Waals surface area contributed by atoms with Gasteiger partial charge in [0, 0.05) is 0 Å². The lowest BCUT2D eigenvalue weighted by Gasteiger charge is -2.44. The minimum atomic E-state index is -2.40. The lowest BCUT2D eigenvalue weighted by molar-refractivity contribution is 0.252. The molecule has 1 nitrogen and oxygen atoms in total. The van der Waals surface area contributed by atoms with Crippen LogP contribution in [0.15, 0.2) is 72.8 Å². The first-order valence-corrected chi connectivity index (χ1v) is 10.2. The topological polar surface area (TPSA) is 9.23 Å². The number of allylic oxidation sites excluding steroid dienone is 1. The zero-order valence-electron chi connectivity index (χ0n) is 14.9. The van der Waals surface area contributed by atoms with Crippen LogP contribution in [0, 0.1) is 0 Å². The molecule has 1 atom stereocenters. The standard InChI is InChI=1S/C21H28OSi/c1-6-13-18(2)22-23(21(3,4)5,19-14-9-7-10-15-19)20-16-11-8-12-17-20/h6-18H,1-5H3/b13-6+. The van der Waals surface area contributed by atoms with Gasteiger partial charge in [0.1, 0.15) is 0 Å². The Labute approximate surface area is 142 Å². The Morgan fingerprint density at radius 2 is 1.30 bits per heavy atom. The van der Waals surface area contributed by atoms with Crippen LogP contribution in [0.2, 0.25) is 5.04 Å². The van der Waals surface area contributed by atoms with Gasteiger partial charge in [-0.3, -0.25) is 0 Å². The predicted molar refractivity (Wildman–Crippen MR) is 103 cm³/mol. The highest BCUT2D eigenvalue weighted by atomic mass is 28.4. The van der Waals surface area contributed by atoms with Crippen LogP contribution in [0.4, 0.5) is 0 Å². The van der Waals surface area contributed by atoms with Crippen molar-refractivity contribution in [3.05, 3.63) is 72.8 Å². The van der Waals surface area contributed by atoms with Gasteiger partial charge in [0.05, 0.1) is 6.10 Å². The summed E-state index contributed by atoms with van der Waals surface area (Å²) in [5.74, 6) is 0. The van der Waals surface area contributed by atoms with Crippen LogP contribution in [0.25, 0.3) is 0 Å². The fourth-order valence-corrected chi connectivity index (χ4v) is 7.93. The van der Waals surface area contributed by atoms with Crippen molar-refractivity contribution in [3.63, 3.8) is 0 Å². The average Bonchev–Trinajstić information content (AvgIpc) is 2.53. The van der Waals surface area contributed by atoms with Crippen LogP contribution in [0.3, 0.4) is 0 Å². The van der Waals surface area contributed by atoms with E-state index in [2.05, 4.69) is 101 Å². The summed E-state index contributed by atoms with van der Waals surface area (Å²) in [5.41, 5.74) is 0. The first-order chi connectivity index (χ1) is 10.9. The molecule has 0 bridgehead atoms. The van der Waals surface area contributed by atoms with E-state index in [1.54, 1.807) is 0 Å². The van der Waals surface area contributed by atoms with E-state index in [4.69, 9.17) is 4.43 Å². The van der Waals surface area contributed by atoms with Crippen molar-refractivity contribution in [1.29, 1.82) is 0 Å². The molecule has 23 heavy (non-hydrogen) atoms. The fraction of sp³-hybridized carbons (Fsp3) is 0.333. The van der Waals surface area contributed by atoms with Crippen LogP contribution in [-0.4, -0.2) is 14.4 Å². The maximum atomic E-state index is 6.87. The third-order valence-corrected chi connectivity index (χ3v) is 9.37. The fourth-order valence-electron chi connectivity index (χ4n) is 3.28. The second kappa shape index (κ2) is 7.29. The highest BCUT2D eigenvalue weighted by Crippen LogP contribution is 2.37. The SMILES string of the molecule is C/C=C/C(C)O[Si](c1ccccc1)(c1ccccc1)C(C)(C)C. The van der Waals surface area contributed by atoms with Gasteiger partial charge in [-0.1, -0.05) is 93.6 Å². The molecular weight excluding hydrogens is 296 g/mol. The van der Waals surface area contributed by atoms with E-state index in [1.165, 1.54) is 10.4 Å². The van der Waals surface area contributed by atoms with Gasteiger partial charge in [-0.25, -0.2) is 0 Å². The molecule has 0 spiro atoms. The van der Waals surface area contributed by atoms with Gasteiger partial charge in [-0.05, 0) is 29.3 Å². The Balaban J connectivity index is 2.69. The monoisotopic (exact) mass is 324 g/mol. The van der Waals surface area contributed by atoms with E-state index in [-0.39, 0.29) is 11.1 Å². The van der Waals surface area contributed by atoms with Crippen LogP contribution >= 0.6 is 0 Å². The van der Waals surface area contributed by atoms with E-state index >= 15 is 0 Å². The normalized spacial score (nSPS) is 14.1. The van der Waals surface area contributed by atoms with Crippen molar-refractivity contribution in [2.45, 2.75) is 45.8 Å². The Morgan fingerprint density at radius 1 is 0.870 bits per heavy atom. The molecule has 1 unspecified atom stereocenters. The second-order valence-electron chi connectivity index (χ2n) is 7.01. The van der Waals surface area contributed by atoms with E-state index in [1.807, 2.05) is 6.92 Å². The summed E-state index contributed by atoms with van der Waals surface area (Å²) < 4.78 is 6.87. The second-order valence-corrected chi connectivity index (χ2v) is 11.3. The molecular formula is C21H28OSi. The third kappa shape index (κ3) is 3.65. The van der Waals surface area contributed by atoms with Gasteiger partial charge >= 0.3 is 0 Å². The first kappa shape index (κ1) is 17.7. The summed E-state index contributed by atoms with van der Waals surface area (Å²) in [7, 11) is -2.40. The van der Waals surface area contributed by atoms with Crippen molar-refractivity contribution < 1.29 is 4.43 Å². The Morgan fingerprint density at radius 3 is 1.65 bits per heavy atom. The van der Waals surface area contributed by atoms with Gasteiger partial charge in [-0.2, -0.15) is 0 Å². The lowest BCUT2D eigenvalue weighted by atomic mass is 10.2. The summed E-state index contributed by atoms with van der Waals surface area (Å²) in [5, 5.41) is 2.69. The van der Waals surface area contributed by atoms with Gasteiger partial charge in [0.15, 0.2) is 0 Å². The molecule has 0 saturated carbocycles. The number of hydrogen-bond donors (Lipinski definition) is 0. The number of benzene rings is 2. The molecule has 2 rings (SSSR count). The molecule has 0 heterocycles. The first-order valence-electron chi connectivity index (χ1n) is 8.33. The summed E-state index contributed by atoms with van der Waals surface area (Å²) >= 11 is 0. The molecule has 122 valence electrons. The molecule has 0 radical (unpaired) electrons. The molecule has 2 aromatic carbocycles. The molecule has 2 aromatic rings. The number of hydrogen-bond acceptors (Lipinski definition) is 1. The zero-order valence-corrected chi connectivity index (χ0v) is 15.9. The zero-order chi connectivity index (χ0) is 16.9. The molecule has 0 amide bonds. The lowest BCUT2D eigenvalue weighted by Crippen LogP contribution is -2.67. The Hall–Kier alpha value is -1.64. The van der Waals surface area contributed by atoms with Crippen molar-refractivity contribution in [2.24, 2.45) is 0 Å². The average molecular weight is 325 g/mol. The van der Waals surface area contributed by atoms with Crippen LogP contribution in [0.5, 0.6) is 0 Å². The van der Waals surface area contributed by atoms with Crippen LogP contribution in [-0.2, 0) is 4.43 Å². The molecule has 0 aliphatic heterocycles. The molecule has 0 aliphatic carbocycles. The highest BCUT2D eigenvalue weighted by molar-refractivity contribution is 6.99. The summed E-state index contributed by atoms with van der Waals surface area (Å²) in [4.78, 5) is 0. The van der Waals surface area contributed by atoms with Gasteiger partial charge in [0.25, 0.3) is 8.32 Å². The van der Waals surface area contributed by atoms with E-state index in [0.717, 1.165) is 0 Å². The van der Waals surface area contributed by atoms with Gasteiger partial charge in [0.2, 0.25) is 0 Å². The molecule has 0 aliphatic rings. The van der Waals surface area contributed by atoms with Crippen molar-refractivity contribution in [3.8, 4) is 0 Å². The molecule has 0 N–H and O–H groups in total. The third-order valence-electron chi connectivity index (χ3n) is 4.24. The minimum absolute atomic E-state index is 0.0333. The summed E-state index contributed by atoms with van der Waals surface area (Å²) in [6.07, 6.45) is 4.30. The summed E-state index contributed by atoms with van der Waals surface area (Å²) in [6.45, 7) is 11.1. The molecule has 0 fully saturated rings. The maximum Gasteiger partial charge on any atom is 0.261 e. The summed E-state index contributed by atoms with van der Waals surface area (Å²) in [6, 6.07) is 21.5. The quantitative estimate of drug-likeness (QED) is 0.580.